The molecule has 1 aromatic carbocycles. The van der Waals surface area contributed by atoms with Crippen LogP contribution in [0.5, 0.6) is 6.01 Å². The van der Waals surface area contributed by atoms with Crippen molar-refractivity contribution in [1.82, 2.24) is 19.8 Å². The molecule has 11 nitrogen and oxygen atoms in total. The highest BCUT2D eigenvalue weighted by atomic mass is 19.1. The number of aryl methyl sites for hydroxylation is 1. The lowest BCUT2D eigenvalue weighted by atomic mass is 9.97. The van der Waals surface area contributed by atoms with Crippen molar-refractivity contribution in [3.8, 4) is 12.1 Å². The Labute approximate surface area is 257 Å². The van der Waals surface area contributed by atoms with Gasteiger partial charge in [-0.25, -0.2) is 4.39 Å². The smallest absolute Gasteiger partial charge is 0.318 e. The van der Waals surface area contributed by atoms with E-state index in [1.54, 1.807) is 22.9 Å². The number of nitriles is 1. The van der Waals surface area contributed by atoms with E-state index in [1.165, 1.54) is 12.1 Å². The molecule has 0 unspecified atom stereocenters. The first kappa shape index (κ1) is 29.8. The molecule has 0 aliphatic carbocycles. The fraction of sp³-hybridized carbons (Fsp3) is 0.531. The maximum atomic E-state index is 15.5. The molecular weight excluding hydrogens is 563 g/mol. The van der Waals surface area contributed by atoms with Crippen LogP contribution >= 0.6 is 0 Å². The molecule has 0 spiro atoms. The van der Waals surface area contributed by atoms with Gasteiger partial charge in [0.05, 0.1) is 42.1 Å². The van der Waals surface area contributed by atoms with Gasteiger partial charge in [0.25, 0.3) is 0 Å². The summed E-state index contributed by atoms with van der Waals surface area (Å²) < 4.78 is 21.8. The summed E-state index contributed by atoms with van der Waals surface area (Å²) in [4.78, 5) is 44.6. The summed E-state index contributed by atoms with van der Waals surface area (Å²) in [5.74, 6) is 0.152. The van der Waals surface area contributed by atoms with Gasteiger partial charge in [0.1, 0.15) is 18.2 Å². The summed E-state index contributed by atoms with van der Waals surface area (Å²) in [5, 5.41) is 9.52. The molecule has 44 heavy (non-hydrogen) atoms. The van der Waals surface area contributed by atoms with Crippen LogP contribution in [0.2, 0.25) is 0 Å². The Kier molecular flexibility index (Phi) is 8.40. The van der Waals surface area contributed by atoms with Crippen LogP contribution in [0.1, 0.15) is 42.5 Å². The number of ether oxygens (including phenoxy) is 1. The number of rotatable bonds is 7. The fourth-order valence-electron chi connectivity index (χ4n) is 7.01. The number of benzene rings is 1. The normalized spacial score (nSPS) is 22.0. The molecule has 12 heteroatoms. The van der Waals surface area contributed by atoms with Gasteiger partial charge in [-0.2, -0.15) is 15.2 Å². The number of hydrogen-bond donors (Lipinski definition) is 0. The number of halogens is 1. The number of likely N-dealkylation sites (tertiary alicyclic amines) is 1. The van der Waals surface area contributed by atoms with E-state index in [0.29, 0.717) is 70.0 Å². The second-order valence-corrected chi connectivity index (χ2v) is 12.1. The van der Waals surface area contributed by atoms with Gasteiger partial charge in [-0.15, -0.1) is 0 Å². The van der Waals surface area contributed by atoms with Crippen LogP contribution < -0.4 is 19.4 Å². The highest BCUT2D eigenvalue weighted by Gasteiger charge is 2.35. The zero-order valence-electron chi connectivity index (χ0n) is 25.5. The Morgan fingerprint density at radius 1 is 1.11 bits per heavy atom. The van der Waals surface area contributed by atoms with E-state index in [-0.39, 0.29) is 42.1 Å². The van der Waals surface area contributed by atoms with E-state index >= 15 is 4.39 Å². The van der Waals surface area contributed by atoms with E-state index in [0.717, 1.165) is 42.0 Å². The molecular formula is C32H39FN8O3. The Bertz CT molecular complexity index is 1510. The quantitative estimate of drug-likeness (QED) is 0.442. The van der Waals surface area contributed by atoms with Gasteiger partial charge in [-0.3, -0.25) is 9.59 Å². The Balaban J connectivity index is 1.35. The van der Waals surface area contributed by atoms with Crippen LogP contribution in [-0.2, 0) is 29.0 Å². The largest absolute Gasteiger partial charge is 0.462 e. The molecule has 4 aliphatic rings. The van der Waals surface area contributed by atoms with E-state index in [4.69, 9.17) is 14.7 Å². The zero-order chi connectivity index (χ0) is 31.0. The molecule has 2 amide bonds. The van der Waals surface area contributed by atoms with Crippen molar-refractivity contribution in [3.05, 3.63) is 47.4 Å². The van der Waals surface area contributed by atoms with Crippen LogP contribution in [0.3, 0.4) is 0 Å². The van der Waals surface area contributed by atoms with Crippen molar-refractivity contribution < 1.29 is 18.7 Å². The van der Waals surface area contributed by atoms with Crippen LogP contribution in [-0.4, -0.2) is 97.1 Å². The third-order valence-corrected chi connectivity index (χ3v) is 9.49. The van der Waals surface area contributed by atoms with Crippen LogP contribution in [0.25, 0.3) is 0 Å². The van der Waals surface area contributed by atoms with Gasteiger partial charge in [0.2, 0.25) is 11.8 Å². The SMILES string of the molecule is C=CC(=O)N1CCN(c2nc(OC[C@@H]3CCCN3C)nc3c2CCN(c2c(F)ccc4c2N(C)C(=O)CC4)C3)C[C@@H]1CC#N. The molecule has 4 aliphatic heterocycles. The first-order valence-corrected chi connectivity index (χ1v) is 15.4. The number of amides is 2. The monoisotopic (exact) mass is 602 g/mol. The standard InChI is InChI=1S/C32H39FN8O3/c1-4-27(42)41-17-16-40(18-22(41)11-13-34)31-24-12-15-39(30-25(33)9-7-21-8-10-28(43)38(3)29(21)30)19-26(24)35-32(36-31)44-20-23-6-5-14-37(23)2/h4,7,9,22-23H,1,5-6,8,10-12,14-20H2,2-3H3/t22-,23-/m0/s1. The molecule has 2 fully saturated rings. The number of carbonyl (C=O) groups excluding carboxylic acids is 2. The van der Waals surface area contributed by atoms with Crippen molar-refractivity contribution in [2.45, 2.75) is 57.2 Å². The molecule has 2 atom stereocenters. The topological polar surface area (TPSA) is 109 Å². The molecule has 1 aromatic heterocycles. The maximum Gasteiger partial charge on any atom is 0.318 e. The summed E-state index contributed by atoms with van der Waals surface area (Å²) in [6.07, 6.45) is 5.20. The van der Waals surface area contributed by atoms with Crippen LogP contribution in [0.15, 0.2) is 24.8 Å². The minimum absolute atomic E-state index is 0.0278. The van der Waals surface area contributed by atoms with Crippen LogP contribution in [0.4, 0.5) is 21.6 Å². The highest BCUT2D eigenvalue weighted by Crippen LogP contribution is 2.41. The van der Waals surface area contributed by atoms with Crippen molar-refractivity contribution in [2.75, 3.05) is 68.1 Å². The summed E-state index contributed by atoms with van der Waals surface area (Å²) in [6, 6.07) is 5.73. The second-order valence-electron chi connectivity index (χ2n) is 12.1. The fourth-order valence-corrected chi connectivity index (χ4v) is 7.01. The third-order valence-electron chi connectivity index (χ3n) is 9.49. The zero-order valence-corrected chi connectivity index (χ0v) is 25.5. The lowest BCUT2D eigenvalue weighted by Gasteiger charge is -2.42. The van der Waals surface area contributed by atoms with E-state index in [2.05, 4.69) is 29.5 Å². The van der Waals surface area contributed by atoms with Gasteiger partial charge in [0, 0.05) is 51.3 Å². The van der Waals surface area contributed by atoms with Gasteiger partial charge in [0.15, 0.2) is 0 Å². The Morgan fingerprint density at radius 3 is 2.70 bits per heavy atom. The number of likely N-dealkylation sites (N-methyl/N-ethyl adjacent to an activating group) is 1. The Morgan fingerprint density at radius 2 is 1.95 bits per heavy atom. The minimum atomic E-state index is -0.369. The number of aromatic nitrogens is 2. The van der Waals surface area contributed by atoms with Gasteiger partial charge in [-0.1, -0.05) is 12.6 Å². The lowest BCUT2D eigenvalue weighted by molar-refractivity contribution is -0.128. The molecule has 6 rings (SSSR count). The molecule has 2 saturated heterocycles. The number of piperazine rings is 1. The second kappa shape index (κ2) is 12.4. The third kappa shape index (κ3) is 5.56. The average Bonchev–Trinajstić information content (AvgIpc) is 3.45. The van der Waals surface area contributed by atoms with E-state index < -0.39 is 0 Å². The van der Waals surface area contributed by atoms with Gasteiger partial charge >= 0.3 is 6.01 Å². The lowest BCUT2D eigenvalue weighted by Crippen LogP contribution is -2.55. The molecule has 232 valence electrons. The number of anilines is 3. The summed E-state index contributed by atoms with van der Waals surface area (Å²) in [5.41, 5.74) is 3.71. The molecule has 0 radical (unpaired) electrons. The van der Waals surface area contributed by atoms with Crippen molar-refractivity contribution in [1.29, 1.82) is 5.26 Å². The molecule has 0 N–H and O–H groups in total. The molecule has 5 heterocycles. The minimum Gasteiger partial charge on any atom is -0.462 e. The average molecular weight is 603 g/mol. The molecule has 0 saturated carbocycles. The highest BCUT2D eigenvalue weighted by molar-refractivity contribution is 6.00. The van der Waals surface area contributed by atoms with E-state index in [9.17, 15) is 14.9 Å². The first-order valence-electron chi connectivity index (χ1n) is 15.4. The van der Waals surface area contributed by atoms with Crippen molar-refractivity contribution in [3.63, 3.8) is 0 Å². The van der Waals surface area contributed by atoms with Crippen molar-refractivity contribution in [2.24, 2.45) is 0 Å². The van der Waals surface area contributed by atoms with Gasteiger partial charge in [-0.05, 0) is 57.0 Å². The summed E-state index contributed by atoms with van der Waals surface area (Å²) in [6.45, 7) is 7.38. The summed E-state index contributed by atoms with van der Waals surface area (Å²) in [7, 11) is 3.80. The first-order chi connectivity index (χ1) is 21.3. The molecule has 2 aromatic rings. The van der Waals surface area contributed by atoms with Gasteiger partial charge < -0.3 is 29.2 Å². The number of carbonyl (C=O) groups is 2. The number of nitrogens with zero attached hydrogens (tertiary/aromatic N) is 8. The molecule has 0 bridgehead atoms. The number of fused-ring (bicyclic) bond motifs is 2. The Hall–Kier alpha value is -4.24. The maximum absolute atomic E-state index is 15.5. The van der Waals surface area contributed by atoms with Crippen LogP contribution in [0, 0.1) is 17.1 Å². The number of hydrogen-bond acceptors (Lipinski definition) is 9. The predicted molar refractivity (Wildman–Crippen MR) is 164 cm³/mol. The summed E-state index contributed by atoms with van der Waals surface area (Å²) >= 11 is 0. The predicted octanol–water partition coefficient (Wildman–Crippen LogP) is 2.68. The van der Waals surface area contributed by atoms with E-state index in [1.807, 2.05) is 4.90 Å². The van der Waals surface area contributed by atoms with Crippen molar-refractivity contribution >= 4 is 29.0 Å².